The molecular weight excluding hydrogens is 324 g/mol. The predicted molar refractivity (Wildman–Crippen MR) is 83.3 cm³/mol. The first-order chi connectivity index (χ1) is 10.1. The Morgan fingerprint density at radius 1 is 0.818 bits per heavy atom. The first-order valence-corrected chi connectivity index (χ1v) is 9.71. The third-order valence-corrected chi connectivity index (χ3v) is 5.44. The van der Waals surface area contributed by atoms with Crippen molar-refractivity contribution in [2.45, 2.75) is 23.6 Å². The Balaban J connectivity index is 2.36. The van der Waals surface area contributed by atoms with E-state index in [1.165, 1.54) is 30.3 Å². The fourth-order valence-corrected chi connectivity index (χ4v) is 3.51. The molecule has 0 radical (unpaired) electrons. The molecule has 0 aromatic heterocycles. The van der Waals surface area contributed by atoms with E-state index in [1.807, 2.05) is 6.92 Å². The smallest absolute Gasteiger partial charge is 0.339 e. The fraction of sp³-hybridized carbons (Fsp3) is 0.200. The zero-order valence-electron chi connectivity index (χ0n) is 12.4. The standard InChI is InChI=1S/C15H16O5S2/c1-11-4-6-13(7-5-11)22(18,19)20-15-9-8-14(10-12(15)2)21(3,16)17/h4-10H,1-3H3. The maximum Gasteiger partial charge on any atom is 0.339 e. The highest BCUT2D eigenvalue weighted by molar-refractivity contribution is 7.90. The molecule has 0 N–H and O–H groups in total. The average molecular weight is 340 g/mol. The number of rotatable bonds is 4. The molecule has 118 valence electrons. The molecule has 0 atom stereocenters. The Bertz CT molecular complexity index is 895. The molecule has 0 spiro atoms. The largest absolute Gasteiger partial charge is 0.379 e. The van der Waals surface area contributed by atoms with E-state index in [1.54, 1.807) is 19.1 Å². The fourth-order valence-electron chi connectivity index (χ4n) is 1.82. The normalized spacial score (nSPS) is 12.1. The third-order valence-electron chi connectivity index (χ3n) is 3.08. The van der Waals surface area contributed by atoms with E-state index in [0.717, 1.165) is 11.8 Å². The van der Waals surface area contributed by atoms with E-state index in [-0.39, 0.29) is 15.5 Å². The van der Waals surface area contributed by atoms with Crippen LogP contribution in [-0.2, 0) is 20.0 Å². The summed E-state index contributed by atoms with van der Waals surface area (Å²) in [6.45, 7) is 3.44. The summed E-state index contributed by atoms with van der Waals surface area (Å²) in [6, 6.07) is 10.3. The molecular formula is C15H16O5S2. The summed E-state index contributed by atoms with van der Waals surface area (Å²) in [7, 11) is -7.30. The van der Waals surface area contributed by atoms with Gasteiger partial charge in [-0.25, -0.2) is 8.42 Å². The second-order valence-corrected chi connectivity index (χ2v) is 8.61. The molecule has 0 heterocycles. The molecule has 5 nitrogen and oxygen atoms in total. The summed E-state index contributed by atoms with van der Waals surface area (Å²) in [6.07, 6.45) is 1.09. The van der Waals surface area contributed by atoms with Gasteiger partial charge in [0.25, 0.3) is 0 Å². The number of hydrogen-bond acceptors (Lipinski definition) is 5. The van der Waals surface area contributed by atoms with Gasteiger partial charge in [-0.1, -0.05) is 17.7 Å². The summed E-state index contributed by atoms with van der Waals surface area (Å²) in [5.41, 5.74) is 1.37. The van der Waals surface area contributed by atoms with Gasteiger partial charge in [0.2, 0.25) is 0 Å². The molecule has 22 heavy (non-hydrogen) atoms. The number of aryl methyl sites for hydroxylation is 2. The van der Waals surface area contributed by atoms with Crippen molar-refractivity contribution in [1.82, 2.24) is 0 Å². The number of sulfone groups is 1. The minimum atomic E-state index is -3.95. The van der Waals surface area contributed by atoms with Crippen molar-refractivity contribution < 1.29 is 21.0 Å². The summed E-state index contributed by atoms with van der Waals surface area (Å²) in [4.78, 5) is 0.162. The summed E-state index contributed by atoms with van der Waals surface area (Å²) >= 11 is 0. The quantitative estimate of drug-likeness (QED) is 0.799. The molecule has 0 aliphatic heterocycles. The van der Waals surface area contributed by atoms with E-state index >= 15 is 0 Å². The molecule has 2 rings (SSSR count). The monoisotopic (exact) mass is 340 g/mol. The summed E-state index contributed by atoms with van der Waals surface area (Å²) in [5, 5.41) is 0. The lowest BCUT2D eigenvalue weighted by Crippen LogP contribution is -2.10. The lowest BCUT2D eigenvalue weighted by Gasteiger charge is -2.10. The second kappa shape index (κ2) is 5.73. The van der Waals surface area contributed by atoms with Crippen LogP contribution in [-0.4, -0.2) is 23.1 Å². The van der Waals surface area contributed by atoms with E-state index in [4.69, 9.17) is 4.18 Å². The minimum absolute atomic E-state index is 0.0460. The predicted octanol–water partition coefficient (Wildman–Crippen LogP) is 2.47. The maximum absolute atomic E-state index is 12.2. The van der Waals surface area contributed by atoms with Crippen LogP contribution in [0.2, 0.25) is 0 Å². The van der Waals surface area contributed by atoms with Crippen LogP contribution in [0.1, 0.15) is 11.1 Å². The molecule has 0 aliphatic carbocycles. The zero-order chi connectivity index (χ0) is 16.5. The van der Waals surface area contributed by atoms with Gasteiger partial charge >= 0.3 is 10.1 Å². The highest BCUT2D eigenvalue weighted by Gasteiger charge is 2.18. The topological polar surface area (TPSA) is 77.5 Å². The SMILES string of the molecule is Cc1ccc(S(=O)(=O)Oc2ccc(S(C)(=O)=O)cc2C)cc1. The number of benzene rings is 2. The molecule has 7 heteroatoms. The Morgan fingerprint density at radius 2 is 1.36 bits per heavy atom. The van der Waals surface area contributed by atoms with Gasteiger partial charge in [0.15, 0.2) is 9.84 Å². The third kappa shape index (κ3) is 3.66. The van der Waals surface area contributed by atoms with Crippen LogP contribution >= 0.6 is 0 Å². The molecule has 0 saturated heterocycles. The Kier molecular flexibility index (Phi) is 4.30. The minimum Gasteiger partial charge on any atom is -0.379 e. The van der Waals surface area contributed by atoms with Gasteiger partial charge in [-0.2, -0.15) is 8.42 Å². The highest BCUT2D eigenvalue weighted by Crippen LogP contribution is 2.25. The highest BCUT2D eigenvalue weighted by atomic mass is 32.2. The van der Waals surface area contributed by atoms with Gasteiger partial charge < -0.3 is 4.18 Å². The average Bonchev–Trinajstić information content (AvgIpc) is 2.40. The van der Waals surface area contributed by atoms with Gasteiger partial charge in [-0.15, -0.1) is 0 Å². The second-order valence-electron chi connectivity index (χ2n) is 5.05. The van der Waals surface area contributed by atoms with Crippen LogP contribution in [0.15, 0.2) is 52.3 Å². The molecule has 2 aromatic carbocycles. The van der Waals surface area contributed by atoms with Crippen molar-refractivity contribution in [3.05, 3.63) is 53.6 Å². The van der Waals surface area contributed by atoms with Crippen molar-refractivity contribution in [3.8, 4) is 5.75 Å². The van der Waals surface area contributed by atoms with Crippen LogP contribution in [0.3, 0.4) is 0 Å². The van der Waals surface area contributed by atoms with Gasteiger partial charge in [0.05, 0.1) is 4.90 Å². The molecule has 0 bridgehead atoms. The van der Waals surface area contributed by atoms with Crippen molar-refractivity contribution in [2.24, 2.45) is 0 Å². The molecule has 0 amide bonds. The molecule has 0 aliphatic rings. The lowest BCUT2D eigenvalue weighted by atomic mass is 10.2. The summed E-state index contributed by atoms with van der Waals surface area (Å²) in [5.74, 6) is 0.105. The van der Waals surface area contributed by atoms with E-state index in [2.05, 4.69) is 0 Å². The Morgan fingerprint density at radius 3 is 1.86 bits per heavy atom. The van der Waals surface area contributed by atoms with Crippen LogP contribution in [0.5, 0.6) is 5.75 Å². The van der Waals surface area contributed by atoms with Gasteiger partial charge in [0, 0.05) is 6.26 Å². The van der Waals surface area contributed by atoms with Crippen LogP contribution in [0, 0.1) is 13.8 Å². The van der Waals surface area contributed by atoms with Crippen LogP contribution in [0.25, 0.3) is 0 Å². The zero-order valence-corrected chi connectivity index (χ0v) is 14.0. The van der Waals surface area contributed by atoms with Crippen molar-refractivity contribution >= 4 is 20.0 Å². The van der Waals surface area contributed by atoms with Crippen molar-refractivity contribution in [3.63, 3.8) is 0 Å². The van der Waals surface area contributed by atoms with Gasteiger partial charge in [-0.3, -0.25) is 0 Å². The van der Waals surface area contributed by atoms with Crippen molar-refractivity contribution in [1.29, 1.82) is 0 Å². The van der Waals surface area contributed by atoms with E-state index in [9.17, 15) is 16.8 Å². The molecule has 0 unspecified atom stereocenters. The molecule has 0 saturated carbocycles. The first kappa shape index (κ1) is 16.5. The van der Waals surface area contributed by atoms with Gasteiger partial charge in [0.1, 0.15) is 10.6 Å². The first-order valence-electron chi connectivity index (χ1n) is 6.41. The molecule has 2 aromatic rings. The maximum atomic E-state index is 12.2. The molecule has 0 fully saturated rings. The van der Waals surface area contributed by atoms with E-state index < -0.39 is 20.0 Å². The lowest BCUT2D eigenvalue weighted by molar-refractivity contribution is 0.484. The Hall–Kier alpha value is -1.86. The number of hydrogen-bond donors (Lipinski definition) is 0. The van der Waals surface area contributed by atoms with E-state index in [0.29, 0.717) is 5.56 Å². The van der Waals surface area contributed by atoms with Crippen molar-refractivity contribution in [2.75, 3.05) is 6.26 Å². The Labute approximate surface area is 130 Å². The van der Waals surface area contributed by atoms with Crippen LogP contribution in [0.4, 0.5) is 0 Å². The van der Waals surface area contributed by atoms with Crippen LogP contribution < -0.4 is 4.18 Å². The van der Waals surface area contributed by atoms with Gasteiger partial charge in [-0.05, 0) is 49.7 Å². The summed E-state index contributed by atoms with van der Waals surface area (Å²) < 4.78 is 52.5.